The third-order valence-electron chi connectivity index (χ3n) is 3.18. The molecular formula is C16H27N5. The van der Waals surface area contributed by atoms with E-state index in [-0.39, 0.29) is 0 Å². The van der Waals surface area contributed by atoms with Gasteiger partial charge in [0.15, 0.2) is 11.5 Å². The van der Waals surface area contributed by atoms with Crippen molar-refractivity contribution in [2.24, 2.45) is 11.8 Å². The highest BCUT2D eigenvalue weighted by Gasteiger charge is 2.17. The standard InChI is InChI=1S/C16H27N5/c1-6-17-14-11-20-8-7-18-15(20)16(19-14)21(9-12(2)3)10-13(4)5/h7-8,11-13,17H,6,9-10H2,1-5H3. The summed E-state index contributed by atoms with van der Waals surface area (Å²) in [5.41, 5.74) is 0.929. The number of hydrogen-bond acceptors (Lipinski definition) is 4. The number of aromatic nitrogens is 3. The van der Waals surface area contributed by atoms with Crippen LogP contribution in [0.1, 0.15) is 34.6 Å². The molecule has 0 aliphatic carbocycles. The molecular weight excluding hydrogens is 262 g/mol. The number of rotatable bonds is 7. The number of nitrogens with zero attached hydrogens (tertiary/aromatic N) is 4. The summed E-state index contributed by atoms with van der Waals surface area (Å²) in [6.07, 6.45) is 5.81. The minimum absolute atomic E-state index is 0.586. The highest BCUT2D eigenvalue weighted by molar-refractivity contribution is 5.66. The maximum absolute atomic E-state index is 4.80. The molecule has 2 aromatic heterocycles. The quantitative estimate of drug-likeness (QED) is 0.849. The molecule has 2 rings (SSSR count). The van der Waals surface area contributed by atoms with Crippen LogP contribution in [0.15, 0.2) is 18.6 Å². The van der Waals surface area contributed by atoms with Gasteiger partial charge in [-0.2, -0.15) is 0 Å². The zero-order chi connectivity index (χ0) is 15.4. The Labute approximate surface area is 127 Å². The summed E-state index contributed by atoms with van der Waals surface area (Å²) in [5, 5.41) is 3.30. The molecule has 5 nitrogen and oxygen atoms in total. The molecule has 0 atom stereocenters. The van der Waals surface area contributed by atoms with Gasteiger partial charge in [-0.3, -0.25) is 0 Å². The Bertz CT molecular complexity index is 563. The number of fused-ring (bicyclic) bond motifs is 1. The minimum atomic E-state index is 0.586. The number of nitrogens with one attached hydrogen (secondary N) is 1. The Balaban J connectivity index is 2.45. The van der Waals surface area contributed by atoms with Crippen LogP contribution in [0.5, 0.6) is 0 Å². The lowest BCUT2D eigenvalue weighted by Crippen LogP contribution is -2.32. The second-order valence-corrected chi connectivity index (χ2v) is 6.33. The summed E-state index contributed by atoms with van der Waals surface area (Å²) in [5.74, 6) is 3.04. The first kappa shape index (κ1) is 15.6. The molecule has 2 aromatic rings. The normalized spacial score (nSPS) is 11.6. The van der Waals surface area contributed by atoms with Gasteiger partial charge in [-0.05, 0) is 18.8 Å². The molecule has 0 unspecified atom stereocenters. The molecule has 2 heterocycles. The Morgan fingerprint density at radius 1 is 1.19 bits per heavy atom. The SMILES string of the molecule is CCNc1cn2ccnc2c(N(CC(C)C)CC(C)C)n1. The highest BCUT2D eigenvalue weighted by atomic mass is 15.2. The molecule has 1 N–H and O–H groups in total. The van der Waals surface area contributed by atoms with Gasteiger partial charge in [0.1, 0.15) is 5.82 Å². The minimum Gasteiger partial charge on any atom is -0.369 e. The second kappa shape index (κ2) is 6.78. The fraction of sp³-hybridized carbons (Fsp3) is 0.625. The van der Waals surface area contributed by atoms with Gasteiger partial charge < -0.3 is 14.6 Å². The van der Waals surface area contributed by atoms with Gasteiger partial charge in [-0.15, -0.1) is 0 Å². The summed E-state index contributed by atoms with van der Waals surface area (Å²) in [4.78, 5) is 11.6. The molecule has 0 radical (unpaired) electrons. The molecule has 0 fully saturated rings. The first-order valence-electron chi connectivity index (χ1n) is 7.83. The van der Waals surface area contributed by atoms with E-state index in [1.807, 2.05) is 23.0 Å². The van der Waals surface area contributed by atoms with Crippen molar-refractivity contribution < 1.29 is 0 Å². The zero-order valence-electron chi connectivity index (χ0n) is 13.8. The average Bonchev–Trinajstić information content (AvgIpc) is 2.84. The molecule has 0 aliphatic heterocycles. The van der Waals surface area contributed by atoms with Crippen molar-refractivity contribution in [3.8, 4) is 0 Å². The van der Waals surface area contributed by atoms with E-state index in [1.54, 1.807) is 0 Å². The Morgan fingerprint density at radius 2 is 1.86 bits per heavy atom. The summed E-state index contributed by atoms with van der Waals surface area (Å²) < 4.78 is 2.05. The average molecular weight is 289 g/mol. The van der Waals surface area contributed by atoms with Crippen molar-refractivity contribution in [3.05, 3.63) is 18.6 Å². The highest BCUT2D eigenvalue weighted by Crippen LogP contribution is 2.22. The van der Waals surface area contributed by atoms with Gasteiger partial charge in [-0.1, -0.05) is 27.7 Å². The van der Waals surface area contributed by atoms with Crippen LogP contribution in [0, 0.1) is 11.8 Å². The Hall–Kier alpha value is -1.78. The topological polar surface area (TPSA) is 45.5 Å². The van der Waals surface area contributed by atoms with E-state index in [0.29, 0.717) is 11.8 Å². The molecule has 0 amide bonds. The van der Waals surface area contributed by atoms with Crippen molar-refractivity contribution in [2.45, 2.75) is 34.6 Å². The molecule has 0 saturated heterocycles. The molecule has 0 saturated carbocycles. The first-order chi connectivity index (χ1) is 10.0. The van der Waals surface area contributed by atoms with Crippen molar-refractivity contribution >= 4 is 17.3 Å². The molecule has 116 valence electrons. The first-order valence-corrected chi connectivity index (χ1v) is 7.83. The van der Waals surface area contributed by atoms with Crippen molar-refractivity contribution in [3.63, 3.8) is 0 Å². The number of anilines is 2. The largest absolute Gasteiger partial charge is 0.369 e. The van der Waals surface area contributed by atoms with Gasteiger partial charge in [0.25, 0.3) is 0 Å². The van der Waals surface area contributed by atoms with E-state index >= 15 is 0 Å². The molecule has 21 heavy (non-hydrogen) atoms. The Morgan fingerprint density at radius 3 is 2.43 bits per heavy atom. The van der Waals surface area contributed by atoms with E-state index in [1.165, 1.54) is 0 Å². The van der Waals surface area contributed by atoms with E-state index in [4.69, 9.17) is 4.98 Å². The van der Waals surface area contributed by atoms with E-state index in [2.05, 4.69) is 49.8 Å². The van der Waals surface area contributed by atoms with Crippen molar-refractivity contribution in [1.82, 2.24) is 14.4 Å². The van der Waals surface area contributed by atoms with Crippen molar-refractivity contribution in [1.29, 1.82) is 0 Å². The maximum Gasteiger partial charge on any atom is 0.180 e. The molecule has 0 spiro atoms. The predicted octanol–water partition coefficient (Wildman–Crippen LogP) is 3.28. The Kier molecular flexibility index (Phi) is 5.04. The summed E-state index contributed by atoms with van der Waals surface area (Å²) in [6, 6.07) is 0. The van der Waals surface area contributed by atoms with Crippen molar-refractivity contribution in [2.75, 3.05) is 29.9 Å². The van der Waals surface area contributed by atoms with E-state index in [9.17, 15) is 0 Å². The molecule has 0 aromatic carbocycles. The van der Waals surface area contributed by atoms with Crippen LogP contribution in [0.4, 0.5) is 11.6 Å². The van der Waals surface area contributed by atoms with Gasteiger partial charge in [0.2, 0.25) is 0 Å². The zero-order valence-corrected chi connectivity index (χ0v) is 13.8. The lowest BCUT2D eigenvalue weighted by Gasteiger charge is -2.28. The summed E-state index contributed by atoms with van der Waals surface area (Å²) in [6.45, 7) is 13.9. The fourth-order valence-corrected chi connectivity index (χ4v) is 2.52. The van der Waals surface area contributed by atoms with Gasteiger partial charge >= 0.3 is 0 Å². The van der Waals surface area contributed by atoms with Crippen LogP contribution in [-0.2, 0) is 0 Å². The number of hydrogen-bond donors (Lipinski definition) is 1. The summed E-state index contributed by atoms with van der Waals surface area (Å²) >= 11 is 0. The summed E-state index contributed by atoms with van der Waals surface area (Å²) in [7, 11) is 0. The third kappa shape index (κ3) is 3.86. The van der Waals surface area contributed by atoms with Crippen LogP contribution < -0.4 is 10.2 Å². The smallest absolute Gasteiger partial charge is 0.180 e. The monoisotopic (exact) mass is 289 g/mol. The third-order valence-corrected chi connectivity index (χ3v) is 3.18. The number of imidazole rings is 1. The van der Waals surface area contributed by atoms with Gasteiger partial charge in [-0.25, -0.2) is 9.97 Å². The van der Waals surface area contributed by atoms with Crippen LogP contribution in [0.2, 0.25) is 0 Å². The predicted molar refractivity (Wildman–Crippen MR) is 89.0 cm³/mol. The second-order valence-electron chi connectivity index (χ2n) is 6.33. The molecule has 0 aliphatic rings. The van der Waals surface area contributed by atoms with Crippen LogP contribution >= 0.6 is 0 Å². The van der Waals surface area contributed by atoms with Gasteiger partial charge in [0, 0.05) is 32.0 Å². The molecule has 5 heteroatoms. The molecule has 0 bridgehead atoms. The lowest BCUT2D eigenvalue weighted by molar-refractivity contribution is 0.549. The maximum atomic E-state index is 4.80. The van der Waals surface area contributed by atoms with Gasteiger partial charge in [0.05, 0.1) is 6.20 Å². The van der Waals surface area contributed by atoms with E-state index in [0.717, 1.165) is 36.9 Å². The van der Waals surface area contributed by atoms with E-state index < -0.39 is 0 Å². The fourth-order valence-electron chi connectivity index (χ4n) is 2.52. The van der Waals surface area contributed by atoms with Crippen LogP contribution in [0.25, 0.3) is 5.65 Å². The lowest BCUT2D eigenvalue weighted by atomic mass is 10.1. The van der Waals surface area contributed by atoms with Crippen LogP contribution in [0.3, 0.4) is 0 Å². The van der Waals surface area contributed by atoms with Crippen LogP contribution in [-0.4, -0.2) is 34.0 Å².